The summed E-state index contributed by atoms with van der Waals surface area (Å²) in [5.41, 5.74) is 1.60. The predicted octanol–water partition coefficient (Wildman–Crippen LogP) is 4.29. The first kappa shape index (κ1) is 16.1. The van der Waals surface area contributed by atoms with E-state index in [2.05, 4.69) is 20.9 Å². The van der Waals surface area contributed by atoms with Crippen molar-refractivity contribution in [3.8, 4) is 5.88 Å². The summed E-state index contributed by atoms with van der Waals surface area (Å²) in [7, 11) is 0. The maximum atomic E-state index is 12.7. The van der Waals surface area contributed by atoms with Crippen molar-refractivity contribution in [1.29, 1.82) is 0 Å². The Labute approximate surface area is 154 Å². The number of rotatable bonds is 3. The molecule has 1 atom stereocenters. The SMILES string of the molecule is O=C(c1ccccc1Br)N1CC[C@@H](Oc2ccc3ccccc3n2)C1. The highest BCUT2D eigenvalue weighted by molar-refractivity contribution is 9.10. The molecular weight excluding hydrogens is 380 g/mol. The number of carbonyl (C=O) groups excluding carboxylic acids is 1. The molecule has 5 heteroatoms. The fourth-order valence-electron chi connectivity index (χ4n) is 3.10. The highest BCUT2D eigenvalue weighted by Gasteiger charge is 2.29. The molecule has 0 bridgehead atoms. The van der Waals surface area contributed by atoms with Crippen LogP contribution in [-0.2, 0) is 0 Å². The number of aromatic nitrogens is 1. The van der Waals surface area contributed by atoms with Gasteiger partial charge in [-0.05, 0) is 40.2 Å². The lowest BCUT2D eigenvalue weighted by Crippen LogP contribution is -2.31. The molecule has 1 aliphatic heterocycles. The van der Waals surface area contributed by atoms with Gasteiger partial charge < -0.3 is 9.64 Å². The second-order valence-corrected chi connectivity index (χ2v) is 6.96. The number of carbonyl (C=O) groups is 1. The van der Waals surface area contributed by atoms with Crippen molar-refractivity contribution < 1.29 is 9.53 Å². The Kier molecular flexibility index (Phi) is 4.40. The quantitative estimate of drug-likeness (QED) is 0.662. The lowest BCUT2D eigenvalue weighted by Gasteiger charge is -2.17. The lowest BCUT2D eigenvalue weighted by atomic mass is 10.2. The molecule has 0 unspecified atom stereocenters. The van der Waals surface area contributed by atoms with Gasteiger partial charge in [-0.25, -0.2) is 4.98 Å². The molecule has 1 amide bonds. The Bertz CT molecular complexity index is 928. The van der Waals surface area contributed by atoms with Gasteiger partial charge in [0.1, 0.15) is 6.10 Å². The first-order chi connectivity index (χ1) is 12.2. The Hall–Kier alpha value is -2.40. The summed E-state index contributed by atoms with van der Waals surface area (Å²) in [6, 6.07) is 19.4. The molecule has 3 aromatic rings. The first-order valence-electron chi connectivity index (χ1n) is 8.27. The van der Waals surface area contributed by atoms with Crippen LogP contribution in [0.5, 0.6) is 5.88 Å². The highest BCUT2D eigenvalue weighted by Crippen LogP contribution is 2.23. The van der Waals surface area contributed by atoms with Crippen LogP contribution in [0, 0.1) is 0 Å². The molecule has 0 saturated carbocycles. The average molecular weight is 397 g/mol. The van der Waals surface area contributed by atoms with E-state index in [9.17, 15) is 4.79 Å². The first-order valence-corrected chi connectivity index (χ1v) is 9.06. The third-order valence-corrected chi connectivity index (χ3v) is 5.09. The van der Waals surface area contributed by atoms with Crippen LogP contribution in [0.3, 0.4) is 0 Å². The Morgan fingerprint density at radius 1 is 1.08 bits per heavy atom. The summed E-state index contributed by atoms with van der Waals surface area (Å²) in [5.74, 6) is 0.643. The van der Waals surface area contributed by atoms with Crippen LogP contribution >= 0.6 is 15.9 Å². The number of hydrogen-bond donors (Lipinski definition) is 0. The zero-order valence-corrected chi connectivity index (χ0v) is 15.1. The summed E-state index contributed by atoms with van der Waals surface area (Å²) in [6.45, 7) is 1.27. The van der Waals surface area contributed by atoms with Gasteiger partial charge in [-0.1, -0.05) is 30.3 Å². The number of hydrogen-bond acceptors (Lipinski definition) is 3. The van der Waals surface area contributed by atoms with Crippen LogP contribution in [-0.4, -0.2) is 35.0 Å². The number of para-hydroxylation sites is 1. The van der Waals surface area contributed by atoms with Crippen molar-refractivity contribution in [2.75, 3.05) is 13.1 Å². The molecule has 0 aliphatic carbocycles. The number of likely N-dealkylation sites (tertiary alicyclic amines) is 1. The molecule has 4 nitrogen and oxygen atoms in total. The van der Waals surface area contributed by atoms with E-state index in [1.54, 1.807) is 0 Å². The van der Waals surface area contributed by atoms with Crippen LogP contribution in [0.25, 0.3) is 10.9 Å². The third-order valence-electron chi connectivity index (χ3n) is 4.40. The molecule has 1 fully saturated rings. The Morgan fingerprint density at radius 2 is 1.88 bits per heavy atom. The van der Waals surface area contributed by atoms with Gasteiger partial charge in [0.15, 0.2) is 0 Å². The molecule has 0 spiro atoms. The minimum absolute atomic E-state index is 0.0277. The van der Waals surface area contributed by atoms with E-state index in [-0.39, 0.29) is 12.0 Å². The van der Waals surface area contributed by atoms with E-state index in [1.807, 2.05) is 65.6 Å². The van der Waals surface area contributed by atoms with Crippen LogP contribution in [0.1, 0.15) is 16.8 Å². The topological polar surface area (TPSA) is 42.4 Å². The Morgan fingerprint density at radius 3 is 2.76 bits per heavy atom. The number of nitrogens with zero attached hydrogens (tertiary/aromatic N) is 2. The van der Waals surface area contributed by atoms with Gasteiger partial charge >= 0.3 is 0 Å². The fraction of sp³-hybridized carbons (Fsp3) is 0.200. The second-order valence-electron chi connectivity index (χ2n) is 6.10. The predicted molar refractivity (Wildman–Crippen MR) is 101 cm³/mol. The molecular formula is C20H17BrN2O2. The molecule has 2 aromatic carbocycles. The largest absolute Gasteiger partial charge is 0.472 e. The summed E-state index contributed by atoms with van der Waals surface area (Å²) < 4.78 is 6.83. The minimum Gasteiger partial charge on any atom is -0.472 e. The number of pyridine rings is 1. The summed E-state index contributed by atoms with van der Waals surface area (Å²) in [4.78, 5) is 19.1. The van der Waals surface area contributed by atoms with Crippen molar-refractivity contribution in [1.82, 2.24) is 9.88 Å². The van der Waals surface area contributed by atoms with Crippen molar-refractivity contribution in [3.63, 3.8) is 0 Å². The zero-order valence-electron chi connectivity index (χ0n) is 13.6. The van der Waals surface area contributed by atoms with Crippen LogP contribution < -0.4 is 4.74 Å². The molecule has 25 heavy (non-hydrogen) atoms. The van der Waals surface area contributed by atoms with E-state index in [0.717, 1.165) is 21.8 Å². The summed E-state index contributed by atoms with van der Waals surface area (Å²) in [5, 5.41) is 1.09. The molecule has 2 heterocycles. The smallest absolute Gasteiger partial charge is 0.255 e. The van der Waals surface area contributed by atoms with Crippen LogP contribution in [0.2, 0.25) is 0 Å². The van der Waals surface area contributed by atoms with Gasteiger partial charge in [-0.2, -0.15) is 0 Å². The Balaban J connectivity index is 1.45. The standard InChI is InChI=1S/C20H17BrN2O2/c21-17-7-3-2-6-16(17)20(24)23-12-11-15(13-23)25-19-10-9-14-5-1-4-8-18(14)22-19/h1-10,15H,11-13H2/t15-/m1/s1. The van der Waals surface area contributed by atoms with Gasteiger partial charge in [0.25, 0.3) is 5.91 Å². The van der Waals surface area contributed by atoms with E-state index in [1.165, 1.54) is 0 Å². The maximum absolute atomic E-state index is 12.7. The van der Waals surface area contributed by atoms with Gasteiger partial charge in [0.05, 0.1) is 17.6 Å². The monoisotopic (exact) mass is 396 g/mol. The zero-order chi connectivity index (χ0) is 17.2. The van der Waals surface area contributed by atoms with Gasteiger partial charge in [0.2, 0.25) is 5.88 Å². The van der Waals surface area contributed by atoms with Crippen LogP contribution in [0.4, 0.5) is 0 Å². The maximum Gasteiger partial charge on any atom is 0.255 e. The van der Waals surface area contributed by atoms with Crippen molar-refractivity contribution in [2.24, 2.45) is 0 Å². The molecule has 126 valence electrons. The van der Waals surface area contributed by atoms with Gasteiger partial charge in [-0.15, -0.1) is 0 Å². The lowest BCUT2D eigenvalue weighted by molar-refractivity contribution is 0.0770. The minimum atomic E-state index is -0.0277. The van der Waals surface area contributed by atoms with Gasteiger partial charge in [0, 0.05) is 28.9 Å². The number of halogens is 1. The van der Waals surface area contributed by atoms with Crippen molar-refractivity contribution in [3.05, 3.63) is 70.7 Å². The molecule has 1 aromatic heterocycles. The second kappa shape index (κ2) is 6.84. The van der Waals surface area contributed by atoms with E-state index >= 15 is 0 Å². The number of benzene rings is 2. The summed E-state index contributed by atoms with van der Waals surface area (Å²) in [6.07, 6.45) is 0.783. The average Bonchev–Trinajstić information content (AvgIpc) is 3.10. The summed E-state index contributed by atoms with van der Waals surface area (Å²) >= 11 is 3.45. The third kappa shape index (κ3) is 3.37. The number of amides is 1. The number of ether oxygens (including phenoxy) is 1. The normalized spacial score (nSPS) is 17.0. The fourth-order valence-corrected chi connectivity index (χ4v) is 3.55. The molecule has 0 radical (unpaired) electrons. The van der Waals surface area contributed by atoms with Crippen LogP contribution in [0.15, 0.2) is 65.1 Å². The highest BCUT2D eigenvalue weighted by atomic mass is 79.9. The molecule has 0 N–H and O–H groups in total. The molecule has 4 rings (SSSR count). The molecule has 1 saturated heterocycles. The number of fused-ring (bicyclic) bond motifs is 1. The van der Waals surface area contributed by atoms with E-state index in [4.69, 9.17) is 4.74 Å². The van der Waals surface area contributed by atoms with E-state index in [0.29, 0.717) is 24.5 Å². The van der Waals surface area contributed by atoms with Gasteiger partial charge in [-0.3, -0.25) is 4.79 Å². The van der Waals surface area contributed by atoms with Crippen molar-refractivity contribution >= 4 is 32.7 Å². The van der Waals surface area contributed by atoms with Crippen molar-refractivity contribution in [2.45, 2.75) is 12.5 Å². The molecule has 1 aliphatic rings. The van der Waals surface area contributed by atoms with E-state index < -0.39 is 0 Å².